The molecular formula is C19H26N4OS. The zero-order valence-electron chi connectivity index (χ0n) is 15.2. The van der Waals surface area contributed by atoms with Crippen LogP contribution in [-0.2, 0) is 12.1 Å². The fraction of sp³-hybridized carbons (Fsp3) is 0.474. The third kappa shape index (κ3) is 4.86. The van der Waals surface area contributed by atoms with E-state index in [0.29, 0.717) is 5.56 Å². The van der Waals surface area contributed by atoms with Crippen molar-refractivity contribution in [3.05, 3.63) is 47.8 Å². The molecule has 1 aromatic carbocycles. The van der Waals surface area contributed by atoms with E-state index in [9.17, 15) is 4.79 Å². The largest absolute Gasteiger partial charge is 0.322 e. The predicted molar refractivity (Wildman–Crippen MR) is 104 cm³/mol. The average molecular weight is 359 g/mol. The Morgan fingerprint density at radius 3 is 2.72 bits per heavy atom. The summed E-state index contributed by atoms with van der Waals surface area (Å²) in [6.45, 7) is 9.38. The number of anilines is 1. The highest BCUT2D eigenvalue weighted by atomic mass is 32.2. The Morgan fingerprint density at radius 2 is 2.04 bits per heavy atom. The Balaban J connectivity index is 1.65. The van der Waals surface area contributed by atoms with E-state index in [2.05, 4.69) is 48.2 Å². The second-order valence-corrected chi connectivity index (χ2v) is 8.61. The highest BCUT2D eigenvalue weighted by molar-refractivity contribution is 7.99. The molecule has 0 saturated carbocycles. The maximum atomic E-state index is 12.5. The topological polar surface area (TPSA) is 50.2 Å². The van der Waals surface area contributed by atoms with Crippen molar-refractivity contribution < 1.29 is 4.79 Å². The number of hydrogen-bond donors (Lipinski definition) is 1. The van der Waals surface area contributed by atoms with Gasteiger partial charge in [0.2, 0.25) is 0 Å². The van der Waals surface area contributed by atoms with Crippen molar-refractivity contribution in [1.82, 2.24) is 14.7 Å². The molecule has 1 aromatic heterocycles. The maximum absolute atomic E-state index is 12.5. The normalized spacial score (nSPS) is 16.0. The molecule has 1 fully saturated rings. The fourth-order valence-electron chi connectivity index (χ4n) is 2.78. The van der Waals surface area contributed by atoms with E-state index in [0.717, 1.165) is 25.3 Å². The van der Waals surface area contributed by atoms with E-state index in [4.69, 9.17) is 0 Å². The van der Waals surface area contributed by atoms with E-state index in [1.54, 1.807) is 12.4 Å². The number of aromatic nitrogens is 2. The van der Waals surface area contributed by atoms with Crippen molar-refractivity contribution in [1.29, 1.82) is 0 Å². The molecule has 0 radical (unpaired) electrons. The molecular weight excluding hydrogens is 332 g/mol. The van der Waals surface area contributed by atoms with Gasteiger partial charge in [-0.05, 0) is 38.5 Å². The molecule has 0 spiro atoms. The molecule has 134 valence electrons. The number of carbonyl (C=O) groups excluding carboxylic acids is 1. The Kier molecular flexibility index (Phi) is 5.49. The summed E-state index contributed by atoms with van der Waals surface area (Å²) < 4.78 is 1.81. The predicted octanol–water partition coefficient (Wildman–Crippen LogP) is 3.44. The second-order valence-electron chi connectivity index (χ2n) is 7.39. The Bertz CT molecular complexity index is 729. The molecule has 1 aliphatic heterocycles. The van der Waals surface area contributed by atoms with Crippen LogP contribution in [0.5, 0.6) is 0 Å². The summed E-state index contributed by atoms with van der Waals surface area (Å²) >= 11 is 2.02. The average Bonchev–Trinajstić information content (AvgIpc) is 3.06. The van der Waals surface area contributed by atoms with Gasteiger partial charge in [-0.25, -0.2) is 0 Å². The van der Waals surface area contributed by atoms with Crippen LogP contribution in [0.25, 0.3) is 0 Å². The van der Waals surface area contributed by atoms with E-state index in [1.807, 2.05) is 28.6 Å². The zero-order chi connectivity index (χ0) is 17.9. The van der Waals surface area contributed by atoms with Gasteiger partial charge in [-0.2, -0.15) is 16.9 Å². The Labute approximate surface area is 153 Å². The van der Waals surface area contributed by atoms with Crippen molar-refractivity contribution in [3.63, 3.8) is 0 Å². The molecule has 1 aliphatic rings. The van der Waals surface area contributed by atoms with E-state index < -0.39 is 0 Å². The third-order valence-electron chi connectivity index (χ3n) is 4.23. The molecule has 1 amide bonds. The lowest BCUT2D eigenvalue weighted by molar-refractivity contribution is 0.102. The van der Waals surface area contributed by atoms with Crippen LogP contribution >= 0.6 is 11.8 Å². The number of amides is 1. The molecule has 0 unspecified atom stereocenters. The summed E-state index contributed by atoms with van der Waals surface area (Å²) in [5, 5.41) is 7.28. The minimum atomic E-state index is -0.134. The second kappa shape index (κ2) is 7.62. The lowest BCUT2D eigenvalue weighted by Crippen LogP contribution is -2.31. The van der Waals surface area contributed by atoms with Gasteiger partial charge in [0.15, 0.2) is 0 Å². The first-order chi connectivity index (χ1) is 11.9. The Hall–Kier alpha value is -1.79. The van der Waals surface area contributed by atoms with E-state index in [1.165, 1.54) is 17.1 Å². The van der Waals surface area contributed by atoms with Crippen LogP contribution in [0.3, 0.4) is 0 Å². The number of benzene rings is 1. The molecule has 1 saturated heterocycles. The lowest BCUT2D eigenvalue weighted by atomic mass is 10.1. The van der Waals surface area contributed by atoms with Crippen molar-refractivity contribution in [2.24, 2.45) is 0 Å². The van der Waals surface area contributed by atoms with Crippen molar-refractivity contribution in [2.45, 2.75) is 32.9 Å². The first kappa shape index (κ1) is 18.0. The van der Waals surface area contributed by atoms with Crippen molar-refractivity contribution >= 4 is 23.4 Å². The summed E-state index contributed by atoms with van der Waals surface area (Å²) in [5.41, 5.74) is 2.51. The number of nitrogens with one attached hydrogen (secondary N) is 1. The number of nitrogens with zero attached hydrogens (tertiary/aromatic N) is 3. The molecule has 0 aliphatic carbocycles. The first-order valence-corrected chi connectivity index (χ1v) is 9.83. The quantitative estimate of drug-likeness (QED) is 0.910. The van der Waals surface area contributed by atoms with Gasteiger partial charge < -0.3 is 5.32 Å². The van der Waals surface area contributed by atoms with Crippen molar-refractivity contribution in [3.8, 4) is 0 Å². The van der Waals surface area contributed by atoms with Crippen LogP contribution in [0.15, 0.2) is 36.7 Å². The molecule has 1 N–H and O–H groups in total. The van der Waals surface area contributed by atoms with Crippen LogP contribution in [-0.4, -0.2) is 45.2 Å². The molecule has 3 rings (SSSR count). The van der Waals surface area contributed by atoms with Gasteiger partial charge >= 0.3 is 0 Å². The fourth-order valence-corrected chi connectivity index (χ4v) is 3.75. The molecule has 6 heteroatoms. The maximum Gasteiger partial charge on any atom is 0.258 e. The van der Waals surface area contributed by atoms with E-state index >= 15 is 0 Å². The highest BCUT2D eigenvalue weighted by Crippen LogP contribution is 2.18. The number of thioether (sulfide) groups is 1. The van der Waals surface area contributed by atoms with Crippen LogP contribution in [0, 0.1) is 0 Å². The Morgan fingerprint density at radius 1 is 1.28 bits per heavy atom. The smallest absolute Gasteiger partial charge is 0.258 e. The van der Waals surface area contributed by atoms with Crippen LogP contribution in [0.4, 0.5) is 5.69 Å². The van der Waals surface area contributed by atoms with Gasteiger partial charge in [-0.1, -0.05) is 12.1 Å². The van der Waals surface area contributed by atoms with Gasteiger partial charge in [0, 0.05) is 43.0 Å². The van der Waals surface area contributed by atoms with Crippen LogP contribution < -0.4 is 5.32 Å². The summed E-state index contributed by atoms with van der Waals surface area (Å²) in [5.74, 6) is 2.28. The number of carbonyl (C=O) groups is 1. The summed E-state index contributed by atoms with van der Waals surface area (Å²) in [4.78, 5) is 14.9. The highest BCUT2D eigenvalue weighted by Gasteiger charge is 2.17. The van der Waals surface area contributed by atoms with Gasteiger partial charge in [0.05, 0.1) is 17.3 Å². The first-order valence-electron chi connectivity index (χ1n) is 8.67. The molecule has 5 nitrogen and oxygen atoms in total. The molecule has 2 heterocycles. The number of hydrogen-bond acceptors (Lipinski definition) is 4. The minimum absolute atomic E-state index is 0.123. The van der Waals surface area contributed by atoms with Crippen LogP contribution in [0.1, 0.15) is 36.7 Å². The van der Waals surface area contributed by atoms with E-state index in [-0.39, 0.29) is 11.4 Å². The third-order valence-corrected chi connectivity index (χ3v) is 5.17. The van der Waals surface area contributed by atoms with Gasteiger partial charge in [-0.15, -0.1) is 0 Å². The molecule has 25 heavy (non-hydrogen) atoms. The zero-order valence-corrected chi connectivity index (χ0v) is 16.0. The monoisotopic (exact) mass is 358 g/mol. The van der Waals surface area contributed by atoms with Gasteiger partial charge in [-0.3, -0.25) is 14.4 Å². The molecule has 0 bridgehead atoms. The standard InChI is InChI=1S/C19H26N4OS/c1-19(2,3)23-14-16(12-20-23)18(24)21-17-6-4-5-15(11-17)13-22-7-9-25-10-8-22/h4-6,11-12,14H,7-10,13H2,1-3H3,(H,21,24). The van der Waals surface area contributed by atoms with Gasteiger partial charge in [0.25, 0.3) is 5.91 Å². The van der Waals surface area contributed by atoms with Gasteiger partial charge in [0.1, 0.15) is 0 Å². The summed E-state index contributed by atoms with van der Waals surface area (Å²) in [7, 11) is 0. The molecule has 2 aromatic rings. The van der Waals surface area contributed by atoms with Crippen molar-refractivity contribution in [2.75, 3.05) is 29.9 Å². The summed E-state index contributed by atoms with van der Waals surface area (Å²) in [6.07, 6.45) is 3.42. The molecule has 0 atom stereocenters. The SMILES string of the molecule is CC(C)(C)n1cc(C(=O)Nc2cccc(CN3CCSCC3)c2)cn1. The summed E-state index contributed by atoms with van der Waals surface area (Å²) in [6, 6.07) is 8.12. The minimum Gasteiger partial charge on any atom is -0.322 e. The number of rotatable bonds is 4. The lowest BCUT2D eigenvalue weighted by Gasteiger charge is -2.26. The van der Waals surface area contributed by atoms with Crippen LogP contribution in [0.2, 0.25) is 0 Å².